The highest BCUT2D eigenvalue weighted by Crippen LogP contribution is 2.26. The van der Waals surface area contributed by atoms with E-state index in [0.29, 0.717) is 17.8 Å². The van der Waals surface area contributed by atoms with Crippen molar-refractivity contribution in [2.75, 3.05) is 20.6 Å². The molecule has 4 nitrogen and oxygen atoms in total. The molecule has 0 saturated heterocycles. The van der Waals surface area contributed by atoms with E-state index in [1.165, 1.54) is 0 Å². The quantitative estimate of drug-likeness (QED) is 0.702. The van der Waals surface area contributed by atoms with E-state index in [2.05, 4.69) is 41.9 Å². The van der Waals surface area contributed by atoms with Crippen LogP contribution < -0.4 is 0 Å². The maximum atomic E-state index is 12.8. The van der Waals surface area contributed by atoms with Crippen molar-refractivity contribution >= 4 is 37.6 Å². The fraction of sp³-hybridized carbons (Fsp3) is 0.333. The highest BCUT2D eigenvalue weighted by atomic mass is 79.9. The Bertz CT molecular complexity index is 665. The van der Waals surface area contributed by atoms with Crippen LogP contribution in [0.1, 0.15) is 21.6 Å². The molecule has 21 heavy (non-hydrogen) atoms. The molecule has 0 saturated carbocycles. The zero-order valence-electron chi connectivity index (χ0n) is 12.2. The molecule has 1 heterocycles. The summed E-state index contributed by atoms with van der Waals surface area (Å²) < 4.78 is 3.31. The van der Waals surface area contributed by atoms with Crippen LogP contribution in [-0.2, 0) is 6.54 Å². The zero-order chi connectivity index (χ0) is 15.6. The van der Waals surface area contributed by atoms with E-state index < -0.39 is 0 Å². The Morgan fingerprint density at radius 1 is 1.33 bits per heavy atom. The number of halogens is 2. The van der Waals surface area contributed by atoms with Crippen LogP contribution >= 0.6 is 31.9 Å². The number of hydrogen-bond donors (Lipinski definition) is 0. The second-order valence-electron chi connectivity index (χ2n) is 5.13. The normalized spacial score (nSPS) is 11.1. The van der Waals surface area contributed by atoms with Crippen molar-refractivity contribution in [3.8, 4) is 0 Å². The SMILES string of the molecule is Cc1cccc(C(=O)c2c(Br)cnn2CCN(C)C)c1Br. The van der Waals surface area contributed by atoms with Gasteiger partial charge in [0.2, 0.25) is 5.78 Å². The van der Waals surface area contributed by atoms with Gasteiger partial charge in [0.05, 0.1) is 17.2 Å². The van der Waals surface area contributed by atoms with Crippen LogP contribution in [-0.4, -0.2) is 41.1 Å². The van der Waals surface area contributed by atoms with Crippen molar-refractivity contribution in [2.24, 2.45) is 0 Å². The highest BCUT2D eigenvalue weighted by molar-refractivity contribution is 9.11. The zero-order valence-corrected chi connectivity index (χ0v) is 15.4. The molecular formula is C15H17Br2N3O. The molecule has 0 atom stereocenters. The van der Waals surface area contributed by atoms with Crippen LogP contribution in [0.15, 0.2) is 33.3 Å². The van der Waals surface area contributed by atoms with Gasteiger partial charge in [-0.1, -0.05) is 12.1 Å². The Kier molecular flexibility index (Phi) is 5.35. The molecule has 0 N–H and O–H groups in total. The minimum absolute atomic E-state index is 0.0336. The van der Waals surface area contributed by atoms with Gasteiger partial charge in [0, 0.05) is 16.6 Å². The summed E-state index contributed by atoms with van der Waals surface area (Å²) in [6, 6.07) is 5.69. The molecule has 0 bridgehead atoms. The molecule has 0 aliphatic rings. The molecule has 112 valence electrons. The lowest BCUT2D eigenvalue weighted by molar-refractivity contribution is 0.102. The summed E-state index contributed by atoms with van der Waals surface area (Å²) in [6.45, 7) is 3.46. The average Bonchev–Trinajstić information content (AvgIpc) is 2.80. The molecule has 0 unspecified atom stereocenters. The fourth-order valence-corrected chi connectivity index (χ4v) is 2.92. The number of aromatic nitrogens is 2. The van der Waals surface area contributed by atoms with Crippen LogP contribution in [0.4, 0.5) is 0 Å². The molecule has 1 aromatic heterocycles. The Hall–Kier alpha value is -0.980. The molecule has 0 aliphatic heterocycles. The van der Waals surface area contributed by atoms with Crippen molar-refractivity contribution in [3.05, 3.63) is 50.2 Å². The van der Waals surface area contributed by atoms with E-state index >= 15 is 0 Å². The molecule has 1 aromatic carbocycles. The summed E-state index contributed by atoms with van der Waals surface area (Å²) in [5.74, 6) is -0.0336. The second-order valence-corrected chi connectivity index (χ2v) is 6.78. The first-order valence-electron chi connectivity index (χ1n) is 6.57. The van der Waals surface area contributed by atoms with Gasteiger partial charge in [-0.3, -0.25) is 9.48 Å². The molecule has 6 heteroatoms. The third-order valence-corrected chi connectivity index (χ3v) is 4.84. The molecule has 0 aliphatic carbocycles. The smallest absolute Gasteiger partial charge is 0.213 e. The Morgan fingerprint density at radius 3 is 2.71 bits per heavy atom. The van der Waals surface area contributed by atoms with Gasteiger partial charge in [0.1, 0.15) is 5.69 Å². The molecule has 2 rings (SSSR count). The summed E-state index contributed by atoms with van der Waals surface area (Å²) in [5, 5.41) is 4.29. The summed E-state index contributed by atoms with van der Waals surface area (Å²) in [5.41, 5.74) is 2.28. The summed E-state index contributed by atoms with van der Waals surface area (Å²) in [6.07, 6.45) is 1.67. The van der Waals surface area contributed by atoms with Gasteiger partial charge < -0.3 is 4.90 Å². The van der Waals surface area contributed by atoms with E-state index in [1.54, 1.807) is 10.9 Å². The first-order chi connectivity index (χ1) is 9.91. The molecule has 2 aromatic rings. The van der Waals surface area contributed by atoms with Crippen LogP contribution in [0.25, 0.3) is 0 Å². The Balaban J connectivity index is 2.39. The van der Waals surface area contributed by atoms with E-state index in [-0.39, 0.29) is 5.78 Å². The number of carbonyl (C=O) groups excluding carboxylic acids is 1. The van der Waals surface area contributed by atoms with Crippen LogP contribution in [0.3, 0.4) is 0 Å². The third-order valence-electron chi connectivity index (χ3n) is 3.21. The van der Waals surface area contributed by atoms with Crippen LogP contribution in [0.2, 0.25) is 0 Å². The lowest BCUT2D eigenvalue weighted by Crippen LogP contribution is -2.22. The summed E-state index contributed by atoms with van der Waals surface area (Å²) in [4.78, 5) is 14.9. The maximum absolute atomic E-state index is 12.8. The number of benzene rings is 1. The molecule has 0 radical (unpaired) electrons. The van der Waals surface area contributed by atoms with Crippen LogP contribution in [0, 0.1) is 6.92 Å². The third kappa shape index (κ3) is 3.62. The second kappa shape index (κ2) is 6.85. The number of ketones is 1. The number of aryl methyl sites for hydroxylation is 1. The lowest BCUT2D eigenvalue weighted by Gasteiger charge is -2.12. The summed E-state index contributed by atoms with van der Waals surface area (Å²) >= 11 is 6.94. The maximum Gasteiger partial charge on any atom is 0.213 e. The van der Waals surface area contributed by atoms with E-state index in [4.69, 9.17) is 0 Å². The van der Waals surface area contributed by atoms with Crippen molar-refractivity contribution < 1.29 is 4.79 Å². The molecule has 0 spiro atoms. The molecular weight excluding hydrogens is 398 g/mol. The van der Waals surface area contributed by atoms with Gasteiger partial charge in [-0.05, 0) is 64.5 Å². The van der Waals surface area contributed by atoms with Gasteiger partial charge in [0.25, 0.3) is 0 Å². The predicted molar refractivity (Wildman–Crippen MR) is 90.8 cm³/mol. The van der Waals surface area contributed by atoms with Gasteiger partial charge >= 0.3 is 0 Å². The van der Waals surface area contributed by atoms with Gasteiger partial charge in [-0.25, -0.2) is 0 Å². The topological polar surface area (TPSA) is 38.1 Å². The van der Waals surface area contributed by atoms with E-state index in [1.807, 2.05) is 39.2 Å². The average molecular weight is 415 g/mol. The number of likely N-dealkylation sites (N-methyl/N-ethyl adjacent to an activating group) is 1. The first kappa shape index (κ1) is 16.4. The van der Waals surface area contributed by atoms with Crippen LogP contribution in [0.5, 0.6) is 0 Å². The number of carbonyl (C=O) groups is 1. The minimum atomic E-state index is -0.0336. The van der Waals surface area contributed by atoms with Crippen molar-refractivity contribution in [1.29, 1.82) is 0 Å². The van der Waals surface area contributed by atoms with Gasteiger partial charge in [0.15, 0.2) is 0 Å². The monoisotopic (exact) mass is 413 g/mol. The first-order valence-corrected chi connectivity index (χ1v) is 8.16. The number of hydrogen-bond acceptors (Lipinski definition) is 3. The van der Waals surface area contributed by atoms with Gasteiger partial charge in [-0.15, -0.1) is 0 Å². The largest absolute Gasteiger partial charge is 0.308 e. The Labute approximate surface area is 141 Å². The van der Waals surface area contributed by atoms with E-state index in [9.17, 15) is 4.79 Å². The minimum Gasteiger partial charge on any atom is -0.308 e. The van der Waals surface area contributed by atoms with Crippen molar-refractivity contribution in [3.63, 3.8) is 0 Å². The standard InChI is InChI=1S/C15H17Br2N3O/c1-10-5-4-6-11(13(10)17)15(21)14-12(16)9-18-20(14)8-7-19(2)3/h4-6,9H,7-8H2,1-3H3. The highest BCUT2D eigenvalue weighted by Gasteiger charge is 2.21. The fourth-order valence-electron chi connectivity index (χ4n) is 2.00. The lowest BCUT2D eigenvalue weighted by atomic mass is 10.1. The predicted octanol–water partition coefficient (Wildman–Crippen LogP) is 3.51. The number of nitrogens with zero attached hydrogens (tertiary/aromatic N) is 3. The summed E-state index contributed by atoms with van der Waals surface area (Å²) in [7, 11) is 3.99. The van der Waals surface area contributed by atoms with Crippen molar-refractivity contribution in [2.45, 2.75) is 13.5 Å². The Morgan fingerprint density at radius 2 is 2.05 bits per heavy atom. The molecule has 0 fully saturated rings. The number of rotatable bonds is 5. The van der Waals surface area contributed by atoms with Crippen molar-refractivity contribution in [1.82, 2.24) is 14.7 Å². The molecule has 0 amide bonds. The van der Waals surface area contributed by atoms with E-state index in [0.717, 1.165) is 21.1 Å². The van der Waals surface area contributed by atoms with Gasteiger partial charge in [-0.2, -0.15) is 5.10 Å².